The Balaban J connectivity index is 1.54. The topological polar surface area (TPSA) is 29.1 Å². The molecule has 130 valence electrons. The molecule has 0 unspecified atom stereocenters. The summed E-state index contributed by atoms with van der Waals surface area (Å²) < 4.78 is 13.2. The summed E-state index contributed by atoms with van der Waals surface area (Å²) >= 11 is 0. The van der Waals surface area contributed by atoms with Crippen molar-refractivity contribution < 1.29 is 9.18 Å². The van der Waals surface area contributed by atoms with Crippen molar-refractivity contribution in [3.05, 3.63) is 107 Å². The average Bonchev–Trinajstić information content (AvgIpc) is 3.02. The van der Waals surface area contributed by atoms with E-state index in [1.807, 2.05) is 54.6 Å². The number of halogens is 1. The lowest BCUT2D eigenvalue weighted by Crippen LogP contribution is -2.27. The number of hydrogen-bond donors (Lipinski definition) is 1. The molecule has 4 rings (SSSR count). The molecule has 2 atom stereocenters. The molecule has 0 aromatic heterocycles. The van der Waals surface area contributed by atoms with Crippen molar-refractivity contribution in [2.24, 2.45) is 0 Å². The normalized spacial score (nSPS) is 18.3. The molecule has 3 aromatic rings. The van der Waals surface area contributed by atoms with Crippen LogP contribution in [-0.2, 0) is 6.42 Å². The van der Waals surface area contributed by atoms with Gasteiger partial charge in [-0.2, -0.15) is 0 Å². The van der Waals surface area contributed by atoms with E-state index in [4.69, 9.17) is 0 Å². The maximum absolute atomic E-state index is 13.2. The second-order valence-corrected chi connectivity index (χ2v) is 6.78. The molecule has 3 heteroatoms. The van der Waals surface area contributed by atoms with E-state index in [-0.39, 0.29) is 17.8 Å². The molecule has 1 aliphatic carbocycles. The lowest BCUT2D eigenvalue weighted by atomic mass is 9.93. The van der Waals surface area contributed by atoms with Gasteiger partial charge in [-0.05, 0) is 59.7 Å². The molecule has 0 radical (unpaired) electrons. The summed E-state index contributed by atoms with van der Waals surface area (Å²) in [7, 11) is 0. The quantitative estimate of drug-likeness (QED) is 0.706. The third-order valence-electron chi connectivity index (χ3n) is 5.07. The van der Waals surface area contributed by atoms with Crippen molar-refractivity contribution in [1.29, 1.82) is 0 Å². The molecule has 3 aromatic carbocycles. The molecule has 0 spiro atoms. The average molecular weight is 345 g/mol. The number of fused-ring (bicyclic) bond motifs is 1. The van der Waals surface area contributed by atoms with E-state index >= 15 is 0 Å². The van der Waals surface area contributed by atoms with E-state index in [2.05, 4.69) is 17.4 Å². The lowest BCUT2D eigenvalue weighted by Gasteiger charge is -2.15. The third-order valence-corrected chi connectivity index (χ3v) is 5.07. The molecule has 0 bridgehead atoms. The second kappa shape index (κ2) is 7.12. The van der Waals surface area contributed by atoms with Gasteiger partial charge in [0.25, 0.3) is 5.91 Å². The molecule has 1 amide bonds. The first kappa shape index (κ1) is 16.5. The predicted octanol–water partition coefficient (Wildman–Crippen LogP) is 5.03. The number of amides is 1. The van der Waals surface area contributed by atoms with Gasteiger partial charge < -0.3 is 5.32 Å². The summed E-state index contributed by atoms with van der Waals surface area (Å²) in [5.41, 5.74) is 4.24. The van der Waals surface area contributed by atoms with E-state index in [1.165, 1.54) is 23.3 Å². The lowest BCUT2D eigenvalue weighted by molar-refractivity contribution is 0.0936. The fourth-order valence-electron chi connectivity index (χ4n) is 3.80. The Kier molecular flexibility index (Phi) is 4.53. The van der Waals surface area contributed by atoms with Gasteiger partial charge in [-0.3, -0.25) is 4.79 Å². The van der Waals surface area contributed by atoms with Crippen LogP contribution in [0.1, 0.15) is 45.4 Å². The minimum Gasteiger partial charge on any atom is -0.345 e. The number of nitrogens with one attached hydrogen (secondary N) is 1. The molecule has 26 heavy (non-hydrogen) atoms. The Morgan fingerprint density at radius 2 is 1.54 bits per heavy atom. The second-order valence-electron chi connectivity index (χ2n) is 6.78. The maximum atomic E-state index is 13.2. The molecule has 0 saturated heterocycles. The van der Waals surface area contributed by atoms with Crippen molar-refractivity contribution in [2.75, 3.05) is 0 Å². The molecule has 1 aliphatic rings. The molecule has 0 saturated carbocycles. The van der Waals surface area contributed by atoms with Gasteiger partial charge in [0.05, 0.1) is 6.04 Å². The SMILES string of the molecule is O=C(N[C@H]1C[C@@H](Cc2ccc(F)cc2)c2ccccc21)c1ccccc1. The van der Waals surface area contributed by atoms with E-state index in [0.29, 0.717) is 11.5 Å². The van der Waals surface area contributed by atoms with Gasteiger partial charge in [0.2, 0.25) is 0 Å². The van der Waals surface area contributed by atoms with Crippen LogP contribution in [-0.4, -0.2) is 5.91 Å². The molecule has 1 N–H and O–H groups in total. The van der Waals surface area contributed by atoms with Crippen molar-refractivity contribution in [2.45, 2.75) is 24.8 Å². The number of carbonyl (C=O) groups is 1. The van der Waals surface area contributed by atoms with Crippen molar-refractivity contribution in [3.8, 4) is 0 Å². The summed E-state index contributed by atoms with van der Waals surface area (Å²) in [6, 6.07) is 24.3. The van der Waals surface area contributed by atoms with Crippen LogP contribution in [0.4, 0.5) is 4.39 Å². The standard InChI is InChI=1S/C23H20FNO/c24-19-12-10-16(11-13-19)14-18-15-22(21-9-5-4-8-20(18)21)25-23(26)17-6-2-1-3-7-17/h1-13,18,22H,14-15H2,(H,25,26)/t18-,22+/m1/s1. The Morgan fingerprint density at radius 3 is 2.27 bits per heavy atom. The Morgan fingerprint density at radius 1 is 0.885 bits per heavy atom. The van der Waals surface area contributed by atoms with Crippen LogP contribution in [0.5, 0.6) is 0 Å². The summed E-state index contributed by atoms with van der Waals surface area (Å²) in [6.07, 6.45) is 1.70. The van der Waals surface area contributed by atoms with Gasteiger partial charge in [0.1, 0.15) is 5.82 Å². The van der Waals surface area contributed by atoms with Crippen LogP contribution >= 0.6 is 0 Å². The van der Waals surface area contributed by atoms with E-state index in [1.54, 1.807) is 0 Å². The predicted molar refractivity (Wildman–Crippen MR) is 101 cm³/mol. The molecular formula is C23H20FNO. The zero-order valence-electron chi connectivity index (χ0n) is 14.4. The van der Waals surface area contributed by atoms with Crippen LogP contribution in [0, 0.1) is 5.82 Å². The number of carbonyl (C=O) groups excluding carboxylic acids is 1. The summed E-state index contributed by atoms with van der Waals surface area (Å²) in [5, 5.41) is 3.18. The van der Waals surface area contributed by atoms with Gasteiger partial charge in [0, 0.05) is 5.56 Å². The zero-order valence-corrected chi connectivity index (χ0v) is 14.4. The molecule has 0 heterocycles. The highest BCUT2D eigenvalue weighted by atomic mass is 19.1. The smallest absolute Gasteiger partial charge is 0.251 e. The molecule has 2 nitrogen and oxygen atoms in total. The highest BCUT2D eigenvalue weighted by molar-refractivity contribution is 5.94. The Bertz CT molecular complexity index is 905. The van der Waals surface area contributed by atoms with E-state index < -0.39 is 0 Å². The minimum absolute atomic E-state index is 0.00403. The van der Waals surface area contributed by atoms with Crippen LogP contribution in [0.25, 0.3) is 0 Å². The minimum atomic E-state index is -0.214. The van der Waals surface area contributed by atoms with E-state index in [0.717, 1.165) is 18.4 Å². The zero-order chi connectivity index (χ0) is 17.9. The fraction of sp³-hybridized carbons (Fsp3) is 0.174. The highest BCUT2D eigenvalue weighted by Gasteiger charge is 2.31. The van der Waals surface area contributed by atoms with Gasteiger partial charge in [-0.15, -0.1) is 0 Å². The first-order valence-corrected chi connectivity index (χ1v) is 8.90. The maximum Gasteiger partial charge on any atom is 0.251 e. The summed E-state index contributed by atoms with van der Waals surface area (Å²) in [6.45, 7) is 0. The van der Waals surface area contributed by atoms with Crippen LogP contribution in [0.3, 0.4) is 0 Å². The first-order valence-electron chi connectivity index (χ1n) is 8.90. The van der Waals surface area contributed by atoms with Gasteiger partial charge >= 0.3 is 0 Å². The van der Waals surface area contributed by atoms with Crippen molar-refractivity contribution in [1.82, 2.24) is 5.32 Å². The molecule has 0 aliphatic heterocycles. The fourth-order valence-corrected chi connectivity index (χ4v) is 3.80. The highest BCUT2D eigenvalue weighted by Crippen LogP contribution is 2.42. The van der Waals surface area contributed by atoms with E-state index in [9.17, 15) is 9.18 Å². The van der Waals surface area contributed by atoms with Gasteiger partial charge in [-0.1, -0.05) is 54.6 Å². The van der Waals surface area contributed by atoms with Crippen molar-refractivity contribution >= 4 is 5.91 Å². The van der Waals surface area contributed by atoms with Gasteiger partial charge in [-0.25, -0.2) is 4.39 Å². The summed E-state index contributed by atoms with van der Waals surface area (Å²) in [4.78, 5) is 12.6. The molecular weight excluding hydrogens is 325 g/mol. The largest absolute Gasteiger partial charge is 0.345 e. The van der Waals surface area contributed by atoms with Crippen LogP contribution in [0.2, 0.25) is 0 Å². The first-order chi connectivity index (χ1) is 12.7. The summed E-state index contributed by atoms with van der Waals surface area (Å²) in [5.74, 6) is 0.0548. The Labute approximate surface area is 152 Å². The monoisotopic (exact) mass is 345 g/mol. The Hall–Kier alpha value is -2.94. The third kappa shape index (κ3) is 3.38. The van der Waals surface area contributed by atoms with Gasteiger partial charge in [0.15, 0.2) is 0 Å². The number of hydrogen-bond acceptors (Lipinski definition) is 1. The van der Waals surface area contributed by atoms with Crippen LogP contribution < -0.4 is 5.32 Å². The molecule has 0 fully saturated rings. The van der Waals surface area contributed by atoms with Crippen molar-refractivity contribution in [3.63, 3.8) is 0 Å². The number of benzene rings is 3. The van der Waals surface area contributed by atoms with Crippen LogP contribution in [0.15, 0.2) is 78.9 Å². The number of rotatable bonds is 4.